The molecule has 0 bridgehead atoms. The van der Waals surface area contributed by atoms with Crippen molar-refractivity contribution in [1.29, 1.82) is 0 Å². The largest absolute Gasteiger partial charge is 0.490 e. The molecule has 0 atom stereocenters. The third-order valence-corrected chi connectivity index (χ3v) is 5.64. The average Bonchev–Trinajstić information content (AvgIpc) is 3.29. The van der Waals surface area contributed by atoms with Gasteiger partial charge in [-0.05, 0) is 67.9 Å². The lowest BCUT2D eigenvalue weighted by atomic mass is 10.1. The molecule has 1 amide bonds. The highest BCUT2D eigenvalue weighted by Gasteiger charge is 2.13. The first-order valence-electron chi connectivity index (χ1n) is 10.6. The molecule has 0 unspecified atom stereocenters. The summed E-state index contributed by atoms with van der Waals surface area (Å²) in [7, 11) is 0. The minimum Gasteiger partial charge on any atom is -0.490 e. The molecule has 2 aromatic carbocycles. The molecular formula is C25H26ClN3O2. The third kappa shape index (κ3) is 5.63. The number of nitrogens with zero attached hydrogens (tertiary/aromatic N) is 2. The Balaban J connectivity index is 1.50. The Morgan fingerprint density at radius 1 is 1.03 bits per heavy atom. The summed E-state index contributed by atoms with van der Waals surface area (Å²) in [6.07, 6.45) is 4.36. The van der Waals surface area contributed by atoms with Gasteiger partial charge < -0.3 is 10.1 Å². The first-order chi connectivity index (χ1) is 15.1. The number of aromatic nitrogens is 1. The Bertz CT molecular complexity index is 1030. The summed E-state index contributed by atoms with van der Waals surface area (Å²) in [6.45, 7) is 5.27. The fourth-order valence-electron chi connectivity index (χ4n) is 3.77. The average molecular weight is 436 g/mol. The van der Waals surface area contributed by atoms with E-state index in [1.165, 1.54) is 19.8 Å². The normalized spacial score (nSPS) is 13.9. The summed E-state index contributed by atoms with van der Waals surface area (Å²) in [5, 5.41) is 3.60. The zero-order valence-electron chi connectivity index (χ0n) is 17.6. The van der Waals surface area contributed by atoms with E-state index < -0.39 is 0 Å². The lowest BCUT2D eigenvalue weighted by Crippen LogP contribution is -2.25. The minimum atomic E-state index is -0.132. The van der Waals surface area contributed by atoms with E-state index in [9.17, 15) is 4.79 Å². The van der Waals surface area contributed by atoms with Crippen LogP contribution in [0, 0.1) is 0 Å². The molecular weight excluding hydrogens is 410 g/mol. The molecule has 5 nitrogen and oxygen atoms in total. The molecule has 1 aliphatic heterocycles. The van der Waals surface area contributed by atoms with Crippen molar-refractivity contribution in [2.45, 2.75) is 19.8 Å². The van der Waals surface area contributed by atoms with Crippen LogP contribution in [0.15, 0.2) is 60.8 Å². The number of hydrogen-bond acceptors (Lipinski definition) is 4. The third-order valence-electron chi connectivity index (χ3n) is 5.39. The molecule has 1 aliphatic rings. The molecule has 6 heteroatoms. The number of nitrogens with one attached hydrogen (secondary N) is 1. The smallest absolute Gasteiger partial charge is 0.221 e. The van der Waals surface area contributed by atoms with Crippen molar-refractivity contribution < 1.29 is 9.53 Å². The first kappa shape index (κ1) is 21.3. The molecule has 0 aliphatic carbocycles. The molecule has 160 valence electrons. The molecule has 31 heavy (non-hydrogen) atoms. The van der Waals surface area contributed by atoms with E-state index >= 15 is 0 Å². The van der Waals surface area contributed by atoms with Gasteiger partial charge in [0.15, 0.2) is 0 Å². The second-order valence-electron chi connectivity index (χ2n) is 7.73. The van der Waals surface area contributed by atoms with Crippen LogP contribution in [0.4, 0.5) is 5.69 Å². The highest BCUT2D eigenvalue weighted by atomic mass is 35.5. The maximum atomic E-state index is 11.7. The van der Waals surface area contributed by atoms with E-state index in [4.69, 9.17) is 16.3 Å². The molecule has 0 radical (unpaired) electrons. The zero-order valence-corrected chi connectivity index (χ0v) is 18.4. The number of carbonyl (C=O) groups is 1. The molecule has 0 spiro atoms. The number of rotatable bonds is 7. The van der Waals surface area contributed by atoms with Gasteiger partial charge in [-0.25, -0.2) is 0 Å². The van der Waals surface area contributed by atoms with E-state index in [2.05, 4.69) is 15.2 Å². The Labute approximate surface area is 188 Å². The van der Waals surface area contributed by atoms with Gasteiger partial charge in [-0.2, -0.15) is 0 Å². The van der Waals surface area contributed by atoms with Gasteiger partial charge in [-0.15, -0.1) is 0 Å². The molecule has 1 N–H and O–H groups in total. The summed E-state index contributed by atoms with van der Waals surface area (Å²) < 4.78 is 5.99. The number of anilines is 1. The summed E-state index contributed by atoms with van der Waals surface area (Å²) in [5.74, 6) is 0.545. The molecule has 1 fully saturated rings. The maximum absolute atomic E-state index is 11.7. The van der Waals surface area contributed by atoms with Crippen molar-refractivity contribution >= 4 is 23.2 Å². The molecule has 2 heterocycles. The van der Waals surface area contributed by atoms with Gasteiger partial charge in [0.2, 0.25) is 5.91 Å². The van der Waals surface area contributed by atoms with Gasteiger partial charge in [0.1, 0.15) is 12.4 Å². The van der Waals surface area contributed by atoms with Gasteiger partial charge in [-0.3, -0.25) is 14.7 Å². The Morgan fingerprint density at radius 3 is 2.42 bits per heavy atom. The van der Waals surface area contributed by atoms with Gasteiger partial charge in [-0.1, -0.05) is 29.8 Å². The predicted octanol–water partition coefficient (Wildman–Crippen LogP) is 5.50. The van der Waals surface area contributed by atoms with Crippen LogP contribution in [0.2, 0.25) is 5.02 Å². The van der Waals surface area contributed by atoms with E-state index in [1.54, 1.807) is 0 Å². The van der Waals surface area contributed by atoms with Gasteiger partial charge in [0.05, 0.1) is 11.4 Å². The lowest BCUT2D eigenvalue weighted by Gasteiger charge is -2.17. The predicted molar refractivity (Wildman–Crippen MR) is 126 cm³/mol. The maximum Gasteiger partial charge on any atom is 0.221 e. The molecule has 3 aromatic rings. The van der Waals surface area contributed by atoms with Crippen molar-refractivity contribution in [2.24, 2.45) is 0 Å². The molecule has 0 saturated carbocycles. The number of carbonyl (C=O) groups excluding carboxylic acids is 1. The van der Waals surface area contributed by atoms with Gasteiger partial charge in [0.25, 0.3) is 0 Å². The number of likely N-dealkylation sites (tertiary alicyclic amines) is 1. The summed E-state index contributed by atoms with van der Waals surface area (Å²) in [4.78, 5) is 18.7. The first-order valence-corrected chi connectivity index (χ1v) is 11.0. The highest BCUT2D eigenvalue weighted by Crippen LogP contribution is 2.31. The van der Waals surface area contributed by atoms with Crippen LogP contribution in [-0.4, -0.2) is 42.0 Å². The second kappa shape index (κ2) is 9.94. The Hall–Kier alpha value is -2.89. The fraction of sp³-hybridized carbons (Fsp3) is 0.280. The highest BCUT2D eigenvalue weighted by molar-refractivity contribution is 6.30. The second-order valence-corrected chi connectivity index (χ2v) is 8.16. The number of amides is 1. The van der Waals surface area contributed by atoms with Crippen molar-refractivity contribution in [1.82, 2.24) is 9.88 Å². The fourth-order valence-corrected chi connectivity index (χ4v) is 3.90. The van der Waals surface area contributed by atoms with Crippen molar-refractivity contribution in [3.8, 4) is 28.1 Å². The van der Waals surface area contributed by atoms with Gasteiger partial charge >= 0.3 is 0 Å². The van der Waals surface area contributed by atoms with E-state index in [0.717, 1.165) is 42.0 Å². The number of hydrogen-bond donors (Lipinski definition) is 1. The van der Waals surface area contributed by atoms with Crippen molar-refractivity contribution in [2.75, 3.05) is 31.6 Å². The van der Waals surface area contributed by atoms with Crippen molar-refractivity contribution in [3.05, 3.63) is 65.8 Å². The standard InChI is InChI=1S/C25H26ClN3O2/c1-18(30)28-24-16-20(7-11-25(24)31-15-14-29-12-2-3-13-29)23-10-6-21(17-27-23)19-4-8-22(26)9-5-19/h4-11,16-17H,2-3,12-15H2,1H3,(H,28,30). The zero-order chi connectivity index (χ0) is 21.6. The number of pyridine rings is 1. The SMILES string of the molecule is CC(=O)Nc1cc(-c2ccc(-c3ccc(Cl)cc3)cn2)ccc1OCCN1CCCC1. The summed E-state index contributed by atoms with van der Waals surface area (Å²) in [5.41, 5.74) is 4.48. The minimum absolute atomic E-state index is 0.132. The number of benzene rings is 2. The van der Waals surface area contributed by atoms with Crippen LogP contribution in [0.1, 0.15) is 19.8 Å². The van der Waals surface area contributed by atoms with Crippen LogP contribution in [0.5, 0.6) is 5.75 Å². The lowest BCUT2D eigenvalue weighted by molar-refractivity contribution is -0.114. The van der Waals surface area contributed by atoms with E-state index in [-0.39, 0.29) is 5.91 Å². The van der Waals surface area contributed by atoms with Crippen LogP contribution >= 0.6 is 11.6 Å². The van der Waals surface area contributed by atoms with E-state index in [0.29, 0.717) is 23.1 Å². The summed E-state index contributed by atoms with van der Waals surface area (Å²) >= 11 is 5.97. The topological polar surface area (TPSA) is 54.5 Å². The molecule has 1 aromatic heterocycles. The van der Waals surface area contributed by atoms with Gasteiger partial charge in [0, 0.05) is 35.8 Å². The quantitative estimate of drug-likeness (QED) is 0.532. The number of ether oxygens (including phenoxy) is 1. The van der Waals surface area contributed by atoms with Crippen LogP contribution < -0.4 is 10.1 Å². The monoisotopic (exact) mass is 435 g/mol. The Kier molecular flexibility index (Phi) is 6.85. The number of halogens is 1. The molecule has 1 saturated heterocycles. The van der Waals surface area contributed by atoms with Crippen LogP contribution in [0.25, 0.3) is 22.4 Å². The van der Waals surface area contributed by atoms with E-state index in [1.807, 2.05) is 60.8 Å². The summed E-state index contributed by atoms with van der Waals surface area (Å²) in [6, 6.07) is 17.5. The van der Waals surface area contributed by atoms with Crippen molar-refractivity contribution in [3.63, 3.8) is 0 Å². The van der Waals surface area contributed by atoms with Crippen LogP contribution in [0.3, 0.4) is 0 Å². The molecule has 4 rings (SSSR count). The van der Waals surface area contributed by atoms with Crippen LogP contribution in [-0.2, 0) is 4.79 Å². The Morgan fingerprint density at radius 2 is 1.74 bits per heavy atom.